The van der Waals surface area contributed by atoms with E-state index >= 15 is 0 Å². The second-order valence-corrected chi connectivity index (χ2v) is 7.23. The van der Waals surface area contributed by atoms with Crippen LogP contribution in [0.15, 0.2) is 33.6 Å². The van der Waals surface area contributed by atoms with Crippen molar-refractivity contribution in [2.45, 2.75) is 29.7 Å². The second kappa shape index (κ2) is 7.99. The average Bonchev–Trinajstić information content (AvgIpc) is 2.95. The average molecular weight is 388 g/mol. The smallest absolute Gasteiger partial charge is 0.331 e. The quantitative estimate of drug-likeness (QED) is 0.555. The lowest BCUT2D eigenvalue weighted by molar-refractivity contribution is -0.147. The maximum atomic E-state index is 11.9. The summed E-state index contributed by atoms with van der Waals surface area (Å²) in [6, 6.07) is 7.99. The van der Waals surface area contributed by atoms with Crippen molar-refractivity contribution in [2.75, 3.05) is 19.0 Å². The van der Waals surface area contributed by atoms with Crippen LogP contribution in [0, 0.1) is 0 Å². The highest BCUT2D eigenvalue weighted by Crippen LogP contribution is 2.22. The molecular formula is C15H18BrNO4S. The molecular weight excluding hydrogens is 370 g/mol. The maximum Gasteiger partial charge on any atom is 0.331 e. The van der Waals surface area contributed by atoms with Crippen LogP contribution in [0.3, 0.4) is 0 Å². The first-order chi connectivity index (χ1) is 10.5. The van der Waals surface area contributed by atoms with Crippen molar-refractivity contribution in [3.05, 3.63) is 28.7 Å². The molecule has 5 nitrogen and oxygen atoms in total. The Kier molecular flexibility index (Phi) is 6.28. The molecule has 1 heterocycles. The van der Waals surface area contributed by atoms with E-state index in [0.29, 0.717) is 25.9 Å². The molecule has 2 rings (SSSR count). The van der Waals surface area contributed by atoms with Crippen LogP contribution in [0.25, 0.3) is 0 Å². The SMILES string of the molecule is O=C(CCCSc1ccc(Br)cc1)NC1(C(=O)O)CCOC1. The van der Waals surface area contributed by atoms with E-state index in [0.717, 1.165) is 15.1 Å². The molecule has 1 aliphatic heterocycles. The van der Waals surface area contributed by atoms with E-state index in [1.54, 1.807) is 11.8 Å². The number of aliphatic carboxylic acids is 1. The summed E-state index contributed by atoms with van der Waals surface area (Å²) >= 11 is 5.06. The zero-order valence-corrected chi connectivity index (χ0v) is 14.4. The Morgan fingerprint density at radius 3 is 2.68 bits per heavy atom. The molecule has 1 fully saturated rings. The van der Waals surface area contributed by atoms with Gasteiger partial charge in [0, 0.05) is 28.8 Å². The zero-order valence-electron chi connectivity index (χ0n) is 12.0. The molecule has 1 saturated heterocycles. The molecule has 1 aromatic rings. The number of halogens is 1. The van der Waals surface area contributed by atoms with Crippen molar-refractivity contribution in [3.63, 3.8) is 0 Å². The molecule has 1 aliphatic rings. The summed E-state index contributed by atoms with van der Waals surface area (Å²) in [7, 11) is 0. The van der Waals surface area contributed by atoms with Crippen molar-refractivity contribution in [1.82, 2.24) is 5.32 Å². The van der Waals surface area contributed by atoms with E-state index in [2.05, 4.69) is 21.2 Å². The number of carbonyl (C=O) groups excluding carboxylic acids is 1. The van der Waals surface area contributed by atoms with Crippen LogP contribution < -0.4 is 5.32 Å². The molecule has 7 heteroatoms. The van der Waals surface area contributed by atoms with Crippen LogP contribution >= 0.6 is 27.7 Å². The number of carboxylic acids is 1. The first kappa shape index (κ1) is 17.3. The lowest BCUT2D eigenvalue weighted by atomic mass is 9.99. The largest absolute Gasteiger partial charge is 0.479 e. The van der Waals surface area contributed by atoms with Gasteiger partial charge in [0.05, 0.1) is 6.61 Å². The molecule has 0 radical (unpaired) electrons. The molecule has 0 spiro atoms. The second-order valence-electron chi connectivity index (χ2n) is 5.14. The molecule has 1 aromatic carbocycles. The Labute approximate surface area is 141 Å². The summed E-state index contributed by atoms with van der Waals surface area (Å²) in [5, 5.41) is 11.9. The van der Waals surface area contributed by atoms with Gasteiger partial charge in [-0.25, -0.2) is 4.79 Å². The van der Waals surface area contributed by atoms with Crippen molar-refractivity contribution in [2.24, 2.45) is 0 Å². The minimum absolute atomic E-state index is 0.0434. The fraction of sp³-hybridized carbons (Fsp3) is 0.467. The number of nitrogens with one attached hydrogen (secondary N) is 1. The molecule has 0 aliphatic carbocycles. The molecule has 22 heavy (non-hydrogen) atoms. The number of carboxylic acid groups (broad SMARTS) is 1. The predicted molar refractivity (Wildman–Crippen MR) is 88.0 cm³/mol. The van der Waals surface area contributed by atoms with Gasteiger partial charge < -0.3 is 15.2 Å². The lowest BCUT2D eigenvalue weighted by Gasteiger charge is -2.23. The van der Waals surface area contributed by atoms with E-state index in [1.165, 1.54) is 0 Å². The van der Waals surface area contributed by atoms with Gasteiger partial charge in [0.15, 0.2) is 5.54 Å². The van der Waals surface area contributed by atoms with Crippen molar-refractivity contribution < 1.29 is 19.4 Å². The van der Waals surface area contributed by atoms with Gasteiger partial charge in [-0.3, -0.25) is 4.79 Å². The third kappa shape index (κ3) is 4.72. The van der Waals surface area contributed by atoms with Crippen molar-refractivity contribution >= 4 is 39.6 Å². The Morgan fingerprint density at radius 1 is 1.36 bits per heavy atom. The zero-order chi connectivity index (χ0) is 16.0. The summed E-state index contributed by atoms with van der Waals surface area (Å²) in [6.07, 6.45) is 1.34. The summed E-state index contributed by atoms with van der Waals surface area (Å²) in [6.45, 7) is 0.410. The molecule has 1 unspecified atom stereocenters. The highest BCUT2D eigenvalue weighted by Gasteiger charge is 2.43. The molecule has 2 N–H and O–H groups in total. The maximum absolute atomic E-state index is 11.9. The number of thioether (sulfide) groups is 1. The first-order valence-corrected chi connectivity index (χ1v) is 8.80. The van der Waals surface area contributed by atoms with E-state index in [4.69, 9.17) is 4.74 Å². The topological polar surface area (TPSA) is 75.6 Å². The van der Waals surface area contributed by atoms with E-state index in [9.17, 15) is 14.7 Å². The van der Waals surface area contributed by atoms with Crippen molar-refractivity contribution in [3.8, 4) is 0 Å². The van der Waals surface area contributed by atoms with Crippen LogP contribution in [-0.4, -0.2) is 41.5 Å². The fourth-order valence-corrected chi connectivity index (χ4v) is 3.29. The summed E-state index contributed by atoms with van der Waals surface area (Å²) < 4.78 is 6.15. The van der Waals surface area contributed by atoms with Crippen LogP contribution in [0.2, 0.25) is 0 Å². The molecule has 1 atom stereocenters. The third-order valence-electron chi connectivity index (χ3n) is 3.44. The number of rotatable bonds is 7. The number of carbonyl (C=O) groups is 2. The van der Waals surface area contributed by atoms with Gasteiger partial charge in [0.1, 0.15) is 0 Å². The van der Waals surface area contributed by atoms with Gasteiger partial charge in [-0.1, -0.05) is 15.9 Å². The van der Waals surface area contributed by atoms with Gasteiger partial charge in [-0.05, 0) is 36.4 Å². The standard InChI is InChI=1S/C15H18BrNO4S/c16-11-3-5-12(6-4-11)22-9-1-2-13(18)17-15(14(19)20)7-8-21-10-15/h3-6H,1-2,7-10H2,(H,17,18)(H,19,20). The van der Waals surface area contributed by atoms with Crippen LogP contribution in [-0.2, 0) is 14.3 Å². The number of ether oxygens (including phenoxy) is 1. The summed E-state index contributed by atoms with van der Waals surface area (Å²) in [4.78, 5) is 24.4. The lowest BCUT2D eigenvalue weighted by Crippen LogP contribution is -2.55. The van der Waals surface area contributed by atoms with Crippen LogP contribution in [0.5, 0.6) is 0 Å². The van der Waals surface area contributed by atoms with Gasteiger partial charge >= 0.3 is 5.97 Å². The van der Waals surface area contributed by atoms with E-state index < -0.39 is 11.5 Å². The van der Waals surface area contributed by atoms with Crippen LogP contribution in [0.4, 0.5) is 0 Å². The van der Waals surface area contributed by atoms with Crippen molar-refractivity contribution in [1.29, 1.82) is 0 Å². The first-order valence-electron chi connectivity index (χ1n) is 7.02. The monoisotopic (exact) mass is 387 g/mol. The van der Waals surface area contributed by atoms with E-state index in [1.807, 2.05) is 24.3 Å². The predicted octanol–water partition coefficient (Wildman–Crippen LogP) is 2.68. The highest BCUT2D eigenvalue weighted by molar-refractivity contribution is 9.10. The molecule has 0 bridgehead atoms. The third-order valence-corrected chi connectivity index (χ3v) is 5.07. The number of hydrogen-bond acceptors (Lipinski definition) is 4. The Morgan fingerprint density at radius 2 is 2.09 bits per heavy atom. The van der Waals surface area contributed by atoms with Gasteiger partial charge in [0.25, 0.3) is 0 Å². The number of amides is 1. The molecule has 0 saturated carbocycles. The Hall–Kier alpha value is -1.05. The Bertz CT molecular complexity index is 529. The van der Waals surface area contributed by atoms with Gasteiger partial charge in [-0.15, -0.1) is 11.8 Å². The summed E-state index contributed by atoms with van der Waals surface area (Å²) in [5.41, 5.74) is -1.24. The minimum Gasteiger partial charge on any atom is -0.479 e. The van der Waals surface area contributed by atoms with E-state index in [-0.39, 0.29) is 12.5 Å². The van der Waals surface area contributed by atoms with Gasteiger partial charge in [0.2, 0.25) is 5.91 Å². The normalized spacial score (nSPS) is 20.8. The molecule has 120 valence electrons. The molecule has 1 amide bonds. The number of benzene rings is 1. The van der Waals surface area contributed by atoms with Gasteiger partial charge in [-0.2, -0.15) is 0 Å². The summed E-state index contributed by atoms with van der Waals surface area (Å²) in [5.74, 6) is -0.446. The van der Waals surface area contributed by atoms with Crippen LogP contribution in [0.1, 0.15) is 19.3 Å². The highest BCUT2D eigenvalue weighted by atomic mass is 79.9. The Balaban J connectivity index is 1.71. The minimum atomic E-state index is -1.24. The number of hydrogen-bond donors (Lipinski definition) is 2. The molecule has 0 aromatic heterocycles. The fourth-order valence-electron chi connectivity index (χ4n) is 2.17.